The van der Waals surface area contributed by atoms with E-state index in [0.29, 0.717) is 0 Å². The van der Waals surface area contributed by atoms with Gasteiger partial charge >= 0.3 is 5.97 Å². The monoisotopic (exact) mass is 290 g/mol. The third-order valence-corrected chi connectivity index (χ3v) is 4.08. The van der Waals surface area contributed by atoms with Gasteiger partial charge in [0.15, 0.2) is 0 Å². The third-order valence-electron chi connectivity index (χ3n) is 2.55. The molecule has 0 aliphatic heterocycles. The summed E-state index contributed by atoms with van der Waals surface area (Å²) in [5, 5.41) is 0. The van der Waals surface area contributed by atoms with Gasteiger partial charge in [0.05, 0.1) is 12.0 Å². The second-order valence-electron chi connectivity index (χ2n) is 3.99. The van der Waals surface area contributed by atoms with E-state index in [-0.39, 0.29) is 16.1 Å². The average molecular weight is 290 g/mol. The maximum Gasteiger partial charge on any atom is 0.323 e. The van der Waals surface area contributed by atoms with Crippen molar-refractivity contribution in [3.05, 3.63) is 23.5 Å². The van der Waals surface area contributed by atoms with Gasteiger partial charge in [0.2, 0.25) is 10.0 Å². The Labute approximate surface area is 110 Å². The van der Waals surface area contributed by atoms with Gasteiger partial charge in [-0.25, -0.2) is 12.8 Å². The zero-order valence-corrected chi connectivity index (χ0v) is 11.5. The molecule has 19 heavy (non-hydrogen) atoms. The molecule has 0 aliphatic rings. The number of methoxy groups -OCH3 is 1. The molecule has 106 valence electrons. The van der Waals surface area contributed by atoms with Crippen LogP contribution in [0.2, 0.25) is 0 Å². The lowest BCUT2D eigenvalue weighted by atomic mass is 10.2. The van der Waals surface area contributed by atoms with Crippen molar-refractivity contribution in [2.24, 2.45) is 0 Å². The molecule has 0 bridgehead atoms. The maximum absolute atomic E-state index is 13.5. The van der Waals surface area contributed by atoms with Crippen molar-refractivity contribution in [3.8, 4) is 0 Å². The number of nitrogens with one attached hydrogen (secondary N) is 1. The molecule has 1 aromatic carbocycles. The van der Waals surface area contributed by atoms with Crippen molar-refractivity contribution >= 4 is 21.7 Å². The second-order valence-corrected chi connectivity index (χ2v) is 5.70. The fourth-order valence-electron chi connectivity index (χ4n) is 1.36. The van der Waals surface area contributed by atoms with Crippen LogP contribution in [0.3, 0.4) is 0 Å². The topological polar surface area (TPSA) is 98.5 Å². The van der Waals surface area contributed by atoms with E-state index in [9.17, 15) is 17.6 Å². The smallest absolute Gasteiger partial charge is 0.323 e. The van der Waals surface area contributed by atoms with E-state index in [1.165, 1.54) is 13.8 Å². The van der Waals surface area contributed by atoms with Crippen LogP contribution in [0.1, 0.15) is 12.5 Å². The van der Waals surface area contributed by atoms with Crippen molar-refractivity contribution in [1.82, 2.24) is 4.72 Å². The zero-order valence-electron chi connectivity index (χ0n) is 10.7. The summed E-state index contributed by atoms with van der Waals surface area (Å²) in [5.41, 5.74) is 5.70. The number of sulfonamides is 1. The Morgan fingerprint density at radius 1 is 1.47 bits per heavy atom. The van der Waals surface area contributed by atoms with Crippen LogP contribution in [0.15, 0.2) is 17.0 Å². The van der Waals surface area contributed by atoms with E-state index in [1.54, 1.807) is 0 Å². The Morgan fingerprint density at radius 2 is 2.05 bits per heavy atom. The number of rotatable bonds is 4. The largest absolute Gasteiger partial charge is 0.468 e. The molecule has 0 aliphatic carbocycles. The van der Waals surface area contributed by atoms with Crippen LogP contribution in [0.4, 0.5) is 10.1 Å². The Kier molecular flexibility index (Phi) is 4.48. The first-order valence-corrected chi connectivity index (χ1v) is 6.83. The van der Waals surface area contributed by atoms with E-state index < -0.39 is 27.9 Å². The number of carbonyl (C=O) groups is 1. The van der Waals surface area contributed by atoms with Gasteiger partial charge in [-0.2, -0.15) is 4.72 Å². The summed E-state index contributed by atoms with van der Waals surface area (Å²) in [7, 11) is -2.91. The van der Waals surface area contributed by atoms with Crippen LogP contribution in [0.5, 0.6) is 0 Å². The molecule has 0 saturated heterocycles. The molecule has 0 radical (unpaired) electrons. The van der Waals surface area contributed by atoms with Crippen molar-refractivity contribution in [2.45, 2.75) is 24.8 Å². The first-order chi connectivity index (χ1) is 8.69. The van der Waals surface area contributed by atoms with Gasteiger partial charge in [-0.15, -0.1) is 0 Å². The van der Waals surface area contributed by atoms with Gasteiger partial charge in [0.1, 0.15) is 11.9 Å². The molecule has 6 nitrogen and oxygen atoms in total. The number of esters is 1. The van der Waals surface area contributed by atoms with E-state index >= 15 is 0 Å². The summed E-state index contributed by atoms with van der Waals surface area (Å²) >= 11 is 0. The van der Waals surface area contributed by atoms with Gasteiger partial charge in [0, 0.05) is 11.3 Å². The molecular weight excluding hydrogens is 275 g/mol. The van der Waals surface area contributed by atoms with Crippen LogP contribution < -0.4 is 10.5 Å². The van der Waals surface area contributed by atoms with Crippen molar-refractivity contribution < 1.29 is 22.3 Å². The van der Waals surface area contributed by atoms with Gasteiger partial charge in [-0.05, 0) is 26.0 Å². The fraction of sp³-hybridized carbons (Fsp3) is 0.364. The standard InChI is InChI=1S/C11H15FN2O4S/c1-6-9(12)4-8(5-10(6)13)19(16,17)14-7(2)11(15)18-3/h4-5,7,14H,13H2,1-3H3. The number of hydrogen-bond donors (Lipinski definition) is 2. The summed E-state index contributed by atoms with van der Waals surface area (Å²) in [6.07, 6.45) is 0. The molecule has 1 aromatic rings. The predicted molar refractivity (Wildman–Crippen MR) is 67.3 cm³/mol. The molecule has 1 atom stereocenters. The number of anilines is 1. The molecule has 0 heterocycles. The first-order valence-electron chi connectivity index (χ1n) is 5.35. The number of ether oxygens (including phenoxy) is 1. The normalized spacial score (nSPS) is 13.1. The van der Waals surface area contributed by atoms with Crippen LogP contribution in [-0.2, 0) is 19.6 Å². The number of halogens is 1. The molecule has 0 fully saturated rings. The highest BCUT2D eigenvalue weighted by molar-refractivity contribution is 7.89. The summed E-state index contributed by atoms with van der Waals surface area (Å²) in [6.45, 7) is 2.75. The third kappa shape index (κ3) is 3.42. The molecule has 1 rings (SSSR count). The van der Waals surface area contributed by atoms with E-state index in [1.807, 2.05) is 0 Å². The first kappa shape index (κ1) is 15.4. The fourth-order valence-corrected chi connectivity index (χ4v) is 2.59. The SMILES string of the molecule is COC(=O)C(C)NS(=O)(=O)c1cc(N)c(C)c(F)c1. The molecule has 0 spiro atoms. The highest BCUT2D eigenvalue weighted by Gasteiger charge is 2.23. The molecule has 8 heteroatoms. The number of nitrogens with two attached hydrogens (primary N) is 1. The van der Waals surface area contributed by atoms with Crippen LogP contribution in [0.25, 0.3) is 0 Å². The summed E-state index contributed by atoms with van der Waals surface area (Å²) in [6, 6.07) is 0.892. The minimum Gasteiger partial charge on any atom is -0.468 e. The zero-order chi connectivity index (χ0) is 14.8. The average Bonchev–Trinajstić information content (AvgIpc) is 2.33. The molecule has 1 unspecified atom stereocenters. The molecular formula is C11H15FN2O4S. The van der Waals surface area contributed by atoms with Gasteiger partial charge in [0.25, 0.3) is 0 Å². The predicted octanol–water partition coefficient (Wildman–Crippen LogP) is 0.556. The Bertz CT molecular complexity index is 578. The summed E-state index contributed by atoms with van der Waals surface area (Å²) in [4.78, 5) is 10.8. The van der Waals surface area contributed by atoms with Crippen LogP contribution in [-0.4, -0.2) is 27.5 Å². The Balaban J connectivity index is 3.11. The lowest BCUT2D eigenvalue weighted by Crippen LogP contribution is -2.39. The highest BCUT2D eigenvalue weighted by atomic mass is 32.2. The van der Waals surface area contributed by atoms with Gasteiger partial charge < -0.3 is 10.5 Å². The van der Waals surface area contributed by atoms with Crippen molar-refractivity contribution in [2.75, 3.05) is 12.8 Å². The Hall–Kier alpha value is -1.67. The van der Waals surface area contributed by atoms with Crippen molar-refractivity contribution in [1.29, 1.82) is 0 Å². The number of carbonyl (C=O) groups excluding carboxylic acids is 1. The van der Waals surface area contributed by atoms with Gasteiger partial charge in [-0.3, -0.25) is 4.79 Å². The molecule has 3 N–H and O–H groups in total. The highest BCUT2D eigenvalue weighted by Crippen LogP contribution is 2.21. The summed E-state index contributed by atoms with van der Waals surface area (Å²) < 4.78 is 43.8. The van der Waals surface area contributed by atoms with E-state index in [2.05, 4.69) is 9.46 Å². The molecule has 0 amide bonds. The number of benzene rings is 1. The van der Waals surface area contributed by atoms with Gasteiger partial charge in [-0.1, -0.05) is 0 Å². The van der Waals surface area contributed by atoms with Crippen LogP contribution in [0, 0.1) is 12.7 Å². The lowest BCUT2D eigenvalue weighted by molar-refractivity contribution is -0.142. The Morgan fingerprint density at radius 3 is 2.53 bits per heavy atom. The quantitative estimate of drug-likeness (QED) is 0.623. The maximum atomic E-state index is 13.5. The number of nitrogen functional groups attached to an aromatic ring is 1. The number of hydrogen-bond acceptors (Lipinski definition) is 5. The second kappa shape index (κ2) is 5.54. The van der Waals surface area contributed by atoms with Crippen LogP contribution >= 0.6 is 0 Å². The minimum absolute atomic E-state index is 0.0195. The molecule has 0 saturated carbocycles. The van der Waals surface area contributed by atoms with E-state index in [4.69, 9.17) is 5.73 Å². The molecule has 0 aromatic heterocycles. The van der Waals surface area contributed by atoms with Crippen molar-refractivity contribution in [3.63, 3.8) is 0 Å². The minimum atomic E-state index is -4.05. The van der Waals surface area contributed by atoms with E-state index in [0.717, 1.165) is 19.2 Å². The lowest BCUT2D eigenvalue weighted by Gasteiger charge is -2.13. The summed E-state index contributed by atoms with van der Waals surface area (Å²) in [5.74, 6) is -1.48.